The third kappa shape index (κ3) is 6.33. The van der Waals surface area contributed by atoms with Crippen molar-refractivity contribution >= 4 is 25.6 Å². The van der Waals surface area contributed by atoms with Crippen LogP contribution < -0.4 is 24.3 Å². The van der Waals surface area contributed by atoms with Crippen LogP contribution in [0.25, 0.3) is 11.1 Å². The monoisotopic (exact) mass is 531 g/mol. The number of carboxylic acids is 1. The minimum Gasteiger partial charge on any atom is -0.497 e. The Hall–Kier alpha value is -3.45. The summed E-state index contributed by atoms with van der Waals surface area (Å²) in [5, 5.41) is 10.6. The van der Waals surface area contributed by atoms with Gasteiger partial charge in [-0.15, -0.1) is 0 Å². The summed E-state index contributed by atoms with van der Waals surface area (Å²) >= 11 is 0. The van der Waals surface area contributed by atoms with Crippen molar-refractivity contribution in [2.45, 2.75) is 37.3 Å². The van der Waals surface area contributed by atoms with E-state index in [1.807, 2.05) is 30.3 Å². The Morgan fingerprint density at radius 2 is 1.61 bits per heavy atom. The van der Waals surface area contributed by atoms with Gasteiger partial charge in [-0.2, -0.15) is 0 Å². The molecule has 6 nitrogen and oxygen atoms in total. The highest BCUT2D eigenvalue weighted by Crippen LogP contribution is 2.40. The molecule has 0 bridgehead atoms. The first-order valence-electron chi connectivity index (χ1n) is 13.6. The molecule has 1 heterocycles. The summed E-state index contributed by atoms with van der Waals surface area (Å²) in [4.78, 5) is 13.9. The van der Waals surface area contributed by atoms with Crippen LogP contribution in [0.1, 0.15) is 25.7 Å². The van der Waals surface area contributed by atoms with E-state index < -0.39 is 14.8 Å². The third-order valence-electron chi connectivity index (χ3n) is 7.92. The highest BCUT2D eigenvalue weighted by atomic mass is 28.3. The number of rotatable bonds is 11. The number of carbonyl (C=O) groups is 1. The quantitative estimate of drug-likeness (QED) is 0.337. The normalized spacial score (nSPS) is 16.6. The van der Waals surface area contributed by atoms with Crippen LogP contribution in [-0.2, 0) is 4.79 Å². The summed E-state index contributed by atoms with van der Waals surface area (Å²) in [7, 11) is 1.91. The second-order valence-corrected chi connectivity index (χ2v) is 13.7. The van der Waals surface area contributed by atoms with Crippen molar-refractivity contribution in [3.05, 3.63) is 66.7 Å². The van der Waals surface area contributed by atoms with Gasteiger partial charge in [0.25, 0.3) is 0 Å². The fourth-order valence-corrected chi connectivity index (χ4v) is 8.77. The van der Waals surface area contributed by atoms with Gasteiger partial charge in [0, 0.05) is 36.5 Å². The van der Waals surface area contributed by atoms with Gasteiger partial charge < -0.3 is 24.2 Å². The molecule has 7 heteroatoms. The SMILES string of the molecule is COc1ccc(-c2ccc(OC)cc2N2CCC(COc3cccc([Si@@H](CC(=O)O)C4CC4)c3)CC2)cc1. The number of piperidine rings is 1. The maximum atomic E-state index is 11.4. The predicted molar refractivity (Wildman–Crippen MR) is 154 cm³/mol. The van der Waals surface area contributed by atoms with E-state index in [0.717, 1.165) is 48.7 Å². The maximum absolute atomic E-state index is 11.4. The molecular weight excluding hydrogens is 494 g/mol. The molecule has 1 atom stereocenters. The molecule has 0 radical (unpaired) electrons. The van der Waals surface area contributed by atoms with Crippen LogP contribution in [0.4, 0.5) is 5.69 Å². The van der Waals surface area contributed by atoms with E-state index in [1.165, 1.54) is 29.3 Å². The summed E-state index contributed by atoms with van der Waals surface area (Å²) in [6.07, 6.45) is 4.47. The molecule has 5 rings (SSSR count). The number of hydrogen-bond acceptors (Lipinski definition) is 5. The van der Waals surface area contributed by atoms with E-state index in [9.17, 15) is 9.90 Å². The molecule has 3 aromatic carbocycles. The molecule has 2 fully saturated rings. The maximum Gasteiger partial charge on any atom is 0.300 e. The third-order valence-corrected chi connectivity index (χ3v) is 11.7. The van der Waals surface area contributed by atoms with Crippen LogP contribution in [0.5, 0.6) is 17.2 Å². The van der Waals surface area contributed by atoms with Gasteiger partial charge in [-0.05, 0) is 66.3 Å². The van der Waals surface area contributed by atoms with Crippen molar-refractivity contribution in [2.75, 3.05) is 38.8 Å². The van der Waals surface area contributed by atoms with Crippen LogP contribution in [0.15, 0.2) is 66.7 Å². The molecule has 1 saturated carbocycles. The van der Waals surface area contributed by atoms with Crippen molar-refractivity contribution in [3.8, 4) is 28.4 Å². The average Bonchev–Trinajstić information content (AvgIpc) is 3.80. The van der Waals surface area contributed by atoms with E-state index in [0.29, 0.717) is 24.1 Å². The highest BCUT2D eigenvalue weighted by Gasteiger charge is 2.35. The van der Waals surface area contributed by atoms with Gasteiger partial charge in [-0.3, -0.25) is 4.79 Å². The molecule has 0 spiro atoms. The topological polar surface area (TPSA) is 68.2 Å². The minimum absolute atomic E-state index is 0.329. The Balaban J connectivity index is 1.22. The first kappa shape index (κ1) is 26.2. The summed E-state index contributed by atoms with van der Waals surface area (Å²) in [5.74, 6) is 2.40. The molecule has 0 amide bonds. The molecule has 1 N–H and O–H groups in total. The molecule has 1 saturated heterocycles. The Morgan fingerprint density at radius 1 is 0.895 bits per heavy atom. The molecule has 3 aromatic rings. The van der Waals surface area contributed by atoms with Gasteiger partial charge in [-0.25, -0.2) is 0 Å². The van der Waals surface area contributed by atoms with Gasteiger partial charge in [0.2, 0.25) is 0 Å². The predicted octanol–water partition coefficient (Wildman–Crippen LogP) is 5.35. The fourth-order valence-electron chi connectivity index (χ4n) is 5.55. The molecular formula is C31H37NO5Si. The van der Waals surface area contributed by atoms with Crippen molar-refractivity contribution in [3.63, 3.8) is 0 Å². The van der Waals surface area contributed by atoms with Gasteiger partial charge in [-0.1, -0.05) is 42.3 Å². The second-order valence-electron chi connectivity index (χ2n) is 10.5. The van der Waals surface area contributed by atoms with E-state index in [-0.39, 0.29) is 0 Å². The molecule has 200 valence electrons. The molecule has 1 aliphatic heterocycles. The lowest BCUT2D eigenvalue weighted by molar-refractivity contribution is -0.134. The molecule has 0 aromatic heterocycles. The van der Waals surface area contributed by atoms with Crippen molar-refractivity contribution < 1.29 is 24.1 Å². The van der Waals surface area contributed by atoms with Crippen LogP contribution in [0.2, 0.25) is 11.6 Å². The number of hydrogen-bond donors (Lipinski definition) is 1. The van der Waals surface area contributed by atoms with E-state index in [2.05, 4.69) is 41.3 Å². The number of ether oxygens (including phenoxy) is 3. The Bertz CT molecular complexity index is 1240. The lowest BCUT2D eigenvalue weighted by Crippen LogP contribution is -2.36. The summed E-state index contributed by atoms with van der Waals surface area (Å²) < 4.78 is 17.1. The van der Waals surface area contributed by atoms with Gasteiger partial charge in [0.1, 0.15) is 17.2 Å². The molecule has 38 heavy (non-hydrogen) atoms. The summed E-state index contributed by atoms with van der Waals surface area (Å²) in [5.41, 5.74) is 4.17. The lowest BCUT2D eigenvalue weighted by atomic mass is 9.95. The van der Waals surface area contributed by atoms with E-state index in [4.69, 9.17) is 14.2 Å². The zero-order valence-electron chi connectivity index (χ0n) is 22.3. The van der Waals surface area contributed by atoms with Gasteiger partial charge in [0.15, 0.2) is 0 Å². The Morgan fingerprint density at radius 3 is 2.26 bits per heavy atom. The largest absolute Gasteiger partial charge is 0.497 e. The first-order valence-corrected chi connectivity index (χ1v) is 15.6. The minimum atomic E-state index is -1.49. The van der Waals surface area contributed by atoms with Crippen LogP contribution >= 0.6 is 0 Å². The van der Waals surface area contributed by atoms with Gasteiger partial charge >= 0.3 is 5.97 Å². The van der Waals surface area contributed by atoms with Crippen LogP contribution in [0, 0.1) is 5.92 Å². The number of methoxy groups -OCH3 is 2. The smallest absolute Gasteiger partial charge is 0.300 e. The van der Waals surface area contributed by atoms with Crippen molar-refractivity contribution in [2.24, 2.45) is 5.92 Å². The fraction of sp³-hybridized carbons (Fsp3) is 0.387. The Labute approximate surface area is 226 Å². The van der Waals surface area contributed by atoms with E-state index >= 15 is 0 Å². The number of carboxylic acid groups (broad SMARTS) is 1. The Kier molecular flexibility index (Phi) is 8.22. The summed E-state index contributed by atoms with van der Waals surface area (Å²) in [6, 6.07) is 23.1. The molecule has 2 aliphatic rings. The lowest BCUT2D eigenvalue weighted by Gasteiger charge is -2.35. The van der Waals surface area contributed by atoms with Crippen LogP contribution in [-0.4, -0.2) is 53.8 Å². The first-order chi connectivity index (χ1) is 18.5. The number of nitrogens with zero attached hydrogens (tertiary/aromatic N) is 1. The number of aliphatic carboxylic acids is 1. The molecule has 1 aliphatic carbocycles. The second kappa shape index (κ2) is 11.9. The van der Waals surface area contributed by atoms with Crippen molar-refractivity contribution in [1.29, 1.82) is 0 Å². The van der Waals surface area contributed by atoms with Gasteiger partial charge in [0.05, 0.1) is 29.6 Å². The average molecular weight is 532 g/mol. The summed E-state index contributed by atoms with van der Waals surface area (Å²) in [6.45, 7) is 2.61. The van der Waals surface area contributed by atoms with Crippen LogP contribution in [0.3, 0.4) is 0 Å². The van der Waals surface area contributed by atoms with Crippen molar-refractivity contribution in [1.82, 2.24) is 0 Å². The molecule has 0 unspecified atom stereocenters. The number of anilines is 1. The zero-order valence-corrected chi connectivity index (χ0v) is 23.4. The zero-order chi connectivity index (χ0) is 26.5. The standard InChI is InChI=1S/C31H37NO5Si/c1-35-24-8-6-23(7-9-24)29-13-10-25(36-2)19-30(29)32-16-14-22(15-17-32)20-37-26-4-3-5-28(18-26)38(21-31(33)34)27-11-12-27/h3-10,13,18-19,22,27,38H,11-12,14-17,20-21H2,1-2H3,(H,33,34)/t38-/m0/s1. The highest BCUT2D eigenvalue weighted by molar-refractivity contribution is 6.77. The van der Waals surface area contributed by atoms with E-state index in [1.54, 1.807) is 14.2 Å². The number of benzene rings is 3.